The van der Waals surface area contributed by atoms with E-state index in [0.29, 0.717) is 22.6 Å². The van der Waals surface area contributed by atoms with Gasteiger partial charge in [0.05, 0.1) is 24.4 Å². The Kier molecular flexibility index (Phi) is 4.69. The van der Waals surface area contributed by atoms with Crippen LogP contribution < -0.4 is 10.6 Å². The lowest BCUT2D eigenvalue weighted by atomic mass is 10.1. The SMILES string of the molecule is CSC[C@@H](O)[C@H](CO)N(C)c1c[nH]c2c(N)ncnc12. The van der Waals surface area contributed by atoms with Gasteiger partial charge in [0.25, 0.3) is 0 Å². The number of aliphatic hydroxyl groups excluding tert-OH is 2. The van der Waals surface area contributed by atoms with E-state index in [0.717, 1.165) is 5.69 Å². The molecule has 2 heterocycles. The van der Waals surface area contributed by atoms with Gasteiger partial charge in [-0.2, -0.15) is 11.8 Å². The van der Waals surface area contributed by atoms with Crippen LogP contribution in [0.3, 0.4) is 0 Å². The van der Waals surface area contributed by atoms with Crippen molar-refractivity contribution in [1.82, 2.24) is 15.0 Å². The highest BCUT2D eigenvalue weighted by Crippen LogP contribution is 2.28. The predicted molar refractivity (Wildman–Crippen MR) is 82.0 cm³/mol. The highest BCUT2D eigenvalue weighted by molar-refractivity contribution is 7.98. The molecular formula is C12H19N5O2S. The lowest BCUT2D eigenvalue weighted by molar-refractivity contribution is 0.124. The molecule has 0 spiro atoms. The second-order valence-electron chi connectivity index (χ2n) is 4.54. The van der Waals surface area contributed by atoms with Crippen molar-refractivity contribution in [2.45, 2.75) is 12.1 Å². The fourth-order valence-corrected chi connectivity index (χ4v) is 2.74. The number of fused-ring (bicyclic) bond motifs is 1. The summed E-state index contributed by atoms with van der Waals surface area (Å²) >= 11 is 1.53. The third kappa shape index (κ3) is 2.67. The molecule has 0 saturated heterocycles. The highest BCUT2D eigenvalue weighted by Gasteiger charge is 2.25. The lowest BCUT2D eigenvalue weighted by Crippen LogP contribution is -2.45. The van der Waals surface area contributed by atoms with E-state index in [9.17, 15) is 10.2 Å². The Hall–Kier alpha value is -1.51. The van der Waals surface area contributed by atoms with E-state index >= 15 is 0 Å². The molecule has 110 valence electrons. The van der Waals surface area contributed by atoms with Gasteiger partial charge >= 0.3 is 0 Å². The molecule has 2 atom stereocenters. The molecule has 5 N–H and O–H groups in total. The number of rotatable bonds is 6. The Morgan fingerprint density at radius 2 is 2.25 bits per heavy atom. The molecule has 0 aliphatic heterocycles. The van der Waals surface area contributed by atoms with Gasteiger partial charge in [-0.15, -0.1) is 0 Å². The molecule has 2 aromatic heterocycles. The quantitative estimate of drug-likeness (QED) is 0.596. The minimum Gasteiger partial charge on any atom is -0.394 e. The number of H-pyrrole nitrogens is 1. The van der Waals surface area contributed by atoms with E-state index < -0.39 is 12.1 Å². The Balaban J connectivity index is 2.34. The fraction of sp³-hybridized carbons (Fsp3) is 0.500. The second-order valence-corrected chi connectivity index (χ2v) is 5.45. The summed E-state index contributed by atoms with van der Waals surface area (Å²) in [5, 5.41) is 19.7. The van der Waals surface area contributed by atoms with Crippen LogP contribution in [-0.4, -0.2) is 63.0 Å². The van der Waals surface area contributed by atoms with Crippen LogP contribution in [0.1, 0.15) is 0 Å². The van der Waals surface area contributed by atoms with Crippen LogP contribution in [0.2, 0.25) is 0 Å². The van der Waals surface area contributed by atoms with Crippen LogP contribution in [0.4, 0.5) is 11.5 Å². The van der Waals surface area contributed by atoms with Gasteiger partial charge in [0.2, 0.25) is 0 Å². The maximum Gasteiger partial charge on any atom is 0.151 e. The molecule has 7 nitrogen and oxygen atoms in total. The van der Waals surface area contributed by atoms with Gasteiger partial charge in [-0.25, -0.2) is 9.97 Å². The summed E-state index contributed by atoms with van der Waals surface area (Å²) in [6.45, 7) is -0.147. The van der Waals surface area contributed by atoms with Crippen LogP contribution >= 0.6 is 11.8 Å². The molecule has 2 aromatic rings. The summed E-state index contributed by atoms with van der Waals surface area (Å²) < 4.78 is 0. The van der Waals surface area contributed by atoms with Crippen molar-refractivity contribution >= 4 is 34.3 Å². The number of hydrogen-bond donors (Lipinski definition) is 4. The molecule has 2 rings (SSSR count). The Morgan fingerprint density at radius 3 is 2.90 bits per heavy atom. The zero-order valence-corrected chi connectivity index (χ0v) is 12.3. The number of anilines is 2. The zero-order chi connectivity index (χ0) is 14.7. The molecule has 0 unspecified atom stereocenters. The van der Waals surface area contributed by atoms with E-state index in [1.807, 2.05) is 18.2 Å². The van der Waals surface area contributed by atoms with Crippen LogP contribution in [-0.2, 0) is 0 Å². The van der Waals surface area contributed by atoms with Gasteiger partial charge in [0.15, 0.2) is 5.82 Å². The predicted octanol–water partition coefficient (Wildman–Crippen LogP) is 0.0611. The van der Waals surface area contributed by atoms with Crippen molar-refractivity contribution in [1.29, 1.82) is 0 Å². The minimum atomic E-state index is -0.635. The number of aromatic amines is 1. The van der Waals surface area contributed by atoms with E-state index in [-0.39, 0.29) is 6.61 Å². The van der Waals surface area contributed by atoms with Gasteiger partial charge in [0, 0.05) is 19.0 Å². The van der Waals surface area contributed by atoms with E-state index in [2.05, 4.69) is 15.0 Å². The van der Waals surface area contributed by atoms with Crippen LogP contribution in [0.25, 0.3) is 11.0 Å². The third-order valence-corrected chi connectivity index (χ3v) is 3.99. The molecule has 0 fully saturated rings. The fourth-order valence-electron chi connectivity index (χ4n) is 2.18. The summed E-state index contributed by atoms with van der Waals surface area (Å²) in [6.07, 6.45) is 4.43. The Morgan fingerprint density at radius 1 is 1.50 bits per heavy atom. The number of nitrogens with two attached hydrogens (primary N) is 1. The average molecular weight is 297 g/mol. The maximum atomic E-state index is 10.1. The number of hydrogen-bond acceptors (Lipinski definition) is 7. The number of thioether (sulfide) groups is 1. The largest absolute Gasteiger partial charge is 0.394 e. The summed E-state index contributed by atoms with van der Waals surface area (Å²) in [7, 11) is 1.81. The lowest BCUT2D eigenvalue weighted by Gasteiger charge is -2.31. The topological polar surface area (TPSA) is 111 Å². The zero-order valence-electron chi connectivity index (χ0n) is 11.4. The molecule has 20 heavy (non-hydrogen) atoms. The summed E-state index contributed by atoms with van der Waals surface area (Å²) in [5.74, 6) is 0.926. The molecule has 0 aliphatic carbocycles. The number of nitrogens with one attached hydrogen (secondary N) is 1. The standard InChI is InChI=1S/C12H19N5O2S/c1-17(8(4-18)9(19)5-20-2)7-3-14-11-10(7)15-6-16-12(11)13/h3,6,8-9,14,18-19H,4-5H2,1-2H3,(H2,13,15,16)/t8-,9+/m0/s1. The first kappa shape index (κ1) is 14.9. The molecule has 8 heteroatoms. The summed E-state index contributed by atoms with van der Waals surface area (Å²) in [5.41, 5.74) is 7.89. The molecule has 0 saturated carbocycles. The highest BCUT2D eigenvalue weighted by atomic mass is 32.2. The van der Waals surface area contributed by atoms with Crippen molar-refractivity contribution < 1.29 is 10.2 Å². The van der Waals surface area contributed by atoms with Crippen molar-refractivity contribution in [3.05, 3.63) is 12.5 Å². The molecule has 0 aromatic carbocycles. The minimum absolute atomic E-state index is 0.147. The Labute approximate surface area is 121 Å². The van der Waals surface area contributed by atoms with Crippen LogP contribution in [0.5, 0.6) is 0 Å². The molecule has 0 radical (unpaired) electrons. The van der Waals surface area contributed by atoms with Crippen molar-refractivity contribution in [2.75, 3.05) is 36.3 Å². The van der Waals surface area contributed by atoms with Crippen molar-refractivity contribution in [2.24, 2.45) is 0 Å². The van der Waals surface area contributed by atoms with E-state index in [1.165, 1.54) is 18.1 Å². The number of nitrogen functional groups attached to an aromatic ring is 1. The number of nitrogens with zero attached hydrogens (tertiary/aromatic N) is 3. The van der Waals surface area contributed by atoms with Gasteiger partial charge in [-0.1, -0.05) is 0 Å². The monoisotopic (exact) mass is 297 g/mol. The smallest absolute Gasteiger partial charge is 0.151 e. The second kappa shape index (κ2) is 6.29. The van der Waals surface area contributed by atoms with Crippen LogP contribution in [0, 0.1) is 0 Å². The van der Waals surface area contributed by atoms with E-state index in [1.54, 1.807) is 6.20 Å². The van der Waals surface area contributed by atoms with Gasteiger partial charge in [-0.05, 0) is 6.26 Å². The number of aromatic nitrogens is 3. The van der Waals surface area contributed by atoms with Gasteiger partial charge < -0.3 is 25.8 Å². The third-order valence-electron chi connectivity index (χ3n) is 3.32. The van der Waals surface area contributed by atoms with Crippen molar-refractivity contribution in [3.8, 4) is 0 Å². The summed E-state index contributed by atoms with van der Waals surface area (Å²) in [4.78, 5) is 13.0. The number of aliphatic hydroxyl groups is 2. The molecular weight excluding hydrogens is 278 g/mol. The van der Waals surface area contributed by atoms with Crippen LogP contribution in [0.15, 0.2) is 12.5 Å². The first-order chi connectivity index (χ1) is 9.60. The number of likely N-dealkylation sites (N-methyl/N-ethyl adjacent to an activating group) is 1. The van der Waals surface area contributed by atoms with Gasteiger partial charge in [-0.3, -0.25) is 0 Å². The molecule has 0 bridgehead atoms. The summed E-state index contributed by atoms with van der Waals surface area (Å²) in [6, 6.07) is -0.405. The average Bonchev–Trinajstić information content (AvgIpc) is 2.85. The molecule has 0 aliphatic rings. The maximum absolute atomic E-state index is 10.1. The first-order valence-electron chi connectivity index (χ1n) is 6.18. The van der Waals surface area contributed by atoms with Gasteiger partial charge in [0.1, 0.15) is 17.4 Å². The molecule has 0 amide bonds. The normalized spacial score (nSPS) is 14.4. The van der Waals surface area contributed by atoms with Crippen molar-refractivity contribution in [3.63, 3.8) is 0 Å². The van der Waals surface area contributed by atoms with E-state index in [4.69, 9.17) is 5.73 Å². The first-order valence-corrected chi connectivity index (χ1v) is 7.57. The Bertz CT molecular complexity index is 576.